The molecule has 0 radical (unpaired) electrons. The van der Waals surface area contributed by atoms with Gasteiger partial charge in [-0.15, -0.1) is 0 Å². The number of aryl methyl sites for hydroxylation is 1. The highest BCUT2D eigenvalue weighted by molar-refractivity contribution is 7.92. The van der Waals surface area contributed by atoms with Crippen molar-refractivity contribution in [3.63, 3.8) is 0 Å². The first kappa shape index (κ1) is 27.2. The second-order valence-corrected chi connectivity index (χ2v) is 10.4. The number of sulfonamides is 1. The lowest BCUT2D eigenvalue weighted by molar-refractivity contribution is -0.139. The van der Waals surface area contributed by atoms with E-state index in [1.807, 2.05) is 39.0 Å². The number of rotatable bonds is 11. The highest BCUT2D eigenvalue weighted by Gasteiger charge is 2.30. The second kappa shape index (κ2) is 11.9. The molecule has 2 amide bonds. The molecule has 8 nitrogen and oxygen atoms in total. The van der Waals surface area contributed by atoms with Gasteiger partial charge in [0.15, 0.2) is 0 Å². The highest BCUT2D eigenvalue weighted by atomic mass is 32.2. The van der Waals surface area contributed by atoms with Crippen LogP contribution in [0.15, 0.2) is 48.5 Å². The summed E-state index contributed by atoms with van der Waals surface area (Å²) in [4.78, 5) is 27.7. The van der Waals surface area contributed by atoms with Crippen LogP contribution in [-0.4, -0.2) is 57.1 Å². The van der Waals surface area contributed by atoms with Gasteiger partial charge in [-0.25, -0.2) is 8.42 Å². The lowest BCUT2D eigenvalue weighted by Gasteiger charge is -2.32. The van der Waals surface area contributed by atoms with E-state index in [4.69, 9.17) is 4.74 Å². The Hall–Kier alpha value is -3.07. The number of nitrogens with one attached hydrogen (secondary N) is 1. The molecule has 0 aliphatic carbocycles. The molecule has 0 saturated heterocycles. The van der Waals surface area contributed by atoms with Gasteiger partial charge in [-0.1, -0.05) is 31.2 Å². The number of methoxy groups -OCH3 is 1. The van der Waals surface area contributed by atoms with Crippen molar-refractivity contribution in [2.75, 3.05) is 24.2 Å². The number of carbonyl (C=O) groups is 2. The Morgan fingerprint density at radius 1 is 1.03 bits per heavy atom. The van der Waals surface area contributed by atoms with Crippen LogP contribution in [0.4, 0.5) is 5.69 Å². The van der Waals surface area contributed by atoms with Crippen LogP contribution in [0.25, 0.3) is 0 Å². The first-order valence-corrected chi connectivity index (χ1v) is 13.1. The molecule has 0 aliphatic heterocycles. The van der Waals surface area contributed by atoms with E-state index in [9.17, 15) is 18.0 Å². The SMILES string of the molecule is CCc1ccc(N(CC(=O)N(Cc2cccc(OC)c2)C(C)C(=O)NC(C)C)S(C)(=O)=O)cc1. The normalized spacial score (nSPS) is 12.2. The molecule has 0 aromatic heterocycles. The molecular weight excluding hydrogens is 454 g/mol. The third kappa shape index (κ3) is 7.48. The maximum absolute atomic E-state index is 13.5. The van der Waals surface area contributed by atoms with Crippen LogP contribution in [0.1, 0.15) is 38.8 Å². The minimum absolute atomic E-state index is 0.103. The van der Waals surface area contributed by atoms with Crippen LogP contribution in [0.5, 0.6) is 5.75 Å². The van der Waals surface area contributed by atoms with E-state index in [0.29, 0.717) is 11.4 Å². The van der Waals surface area contributed by atoms with Crippen molar-refractivity contribution in [1.82, 2.24) is 10.2 Å². The maximum Gasteiger partial charge on any atom is 0.244 e. The fraction of sp³-hybridized carbons (Fsp3) is 0.440. The van der Waals surface area contributed by atoms with Gasteiger partial charge in [0.1, 0.15) is 18.3 Å². The number of carbonyl (C=O) groups excluding carboxylic acids is 2. The summed E-state index contributed by atoms with van der Waals surface area (Å²) in [6.45, 7) is 7.01. The predicted molar refractivity (Wildman–Crippen MR) is 134 cm³/mol. The van der Waals surface area contributed by atoms with Crippen molar-refractivity contribution in [2.45, 2.75) is 52.7 Å². The minimum Gasteiger partial charge on any atom is -0.497 e. The summed E-state index contributed by atoms with van der Waals surface area (Å²) < 4.78 is 31.5. The number of anilines is 1. The second-order valence-electron chi connectivity index (χ2n) is 8.50. The molecule has 2 aromatic carbocycles. The Bertz CT molecular complexity index is 1080. The molecule has 9 heteroatoms. The van der Waals surface area contributed by atoms with Crippen LogP contribution in [0.2, 0.25) is 0 Å². The van der Waals surface area contributed by atoms with Crippen molar-refractivity contribution >= 4 is 27.5 Å². The number of hydrogen-bond donors (Lipinski definition) is 1. The number of nitrogens with zero attached hydrogens (tertiary/aromatic N) is 2. The molecule has 2 rings (SSSR count). The van der Waals surface area contributed by atoms with Crippen molar-refractivity contribution < 1.29 is 22.7 Å². The molecule has 2 aromatic rings. The third-order valence-electron chi connectivity index (χ3n) is 5.40. The van der Waals surface area contributed by atoms with Gasteiger partial charge in [0.05, 0.1) is 19.1 Å². The van der Waals surface area contributed by atoms with Crippen molar-refractivity contribution in [3.8, 4) is 5.75 Å². The zero-order valence-corrected chi connectivity index (χ0v) is 21.6. The average Bonchev–Trinajstić information content (AvgIpc) is 2.79. The minimum atomic E-state index is -3.75. The lowest BCUT2D eigenvalue weighted by atomic mass is 10.1. The van der Waals surface area contributed by atoms with E-state index in [2.05, 4.69) is 5.32 Å². The fourth-order valence-corrected chi connectivity index (χ4v) is 4.32. The monoisotopic (exact) mass is 489 g/mol. The first-order chi connectivity index (χ1) is 16.0. The zero-order chi connectivity index (χ0) is 25.5. The summed E-state index contributed by atoms with van der Waals surface area (Å²) in [6, 6.07) is 13.3. The first-order valence-electron chi connectivity index (χ1n) is 11.3. The average molecular weight is 490 g/mol. The van der Waals surface area contributed by atoms with Gasteiger partial charge in [-0.3, -0.25) is 13.9 Å². The van der Waals surface area contributed by atoms with Crippen molar-refractivity contribution in [2.24, 2.45) is 0 Å². The maximum atomic E-state index is 13.5. The molecule has 0 aliphatic rings. The summed E-state index contributed by atoms with van der Waals surface area (Å²) in [7, 11) is -2.20. The highest BCUT2D eigenvalue weighted by Crippen LogP contribution is 2.21. The Morgan fingerprint density at radius 2 is 1.68 bits per heavy atom. The molecule has 186 valence electrons. The third-order valence-corrected chi connectivity index (χ3v) is 6.54. The Balaban J connectivity index is 2.39. The van der Waals surface area contributed by atoms with Crippen LogP contribution in [-0.2, 0) is 32.6 Å². The molecule has 0 heterocycles. The van der Waals surface area contributed by atoms with E-state index >= 15 is 0 Å². The molecule has 0 spiro atoms. The van der Waals surface area contributed by atoms with E-state index in [1.54, 1.807) is 44.4 Å². The topological polar surface area (TPSA) is 96.0 Å². The molecule has 0 fully saturated rings. The van der Waals surface area contributed by atoms with E-state index < -0.39 is 28.5 Å². The van der Waals surface area contributed by atoms with Gasteiger partial charge in [0.25, 0.3) is 0 Å². The Labute approximate surface area is 202 Å². The van der Waals surface area contributed by atoms with Gasteiger partial charge in [0, 0.05) is 12.6 Å². The van der Waals surface area contributed by atoms with Gasteiger partial charge in [-0.05, 0) is 62.6 Å². The molecule has 0 bridgehead atoms. The van der Waals surface area contributed by atoms with Crippen LogP contribution in [0.3, 0.4) is 0 Å². The van der Waals surface area contributed by atoms with Crippen LogP contribution in [0, 0.1) is 0 Å². The van der Waals surface area contributed by atoms with Crippen LogP contribution < -0.4 is 14.4 Å². The van der Waals surface area contributed by atoms with E-state index in [0.717, 1.165) is 28.1 Å². The summed E-state index contributed by atoms with van der Waals surface area (Å²) >= 11 is 0. The molecule has 34 heavy (non-hydrogen) atoms. The molecular formula is C25H35N3O5S. The largest absolute Gasteiger partial charge is 0.497 e. The molecule has 1 unspecified atom stereocenters. The lowest BCUT2D eigenvalue weighted by Crippen LogP contribution is -2.52. The van der Waals surface area contributed by atoms with Crippen molar-refractivity contribution in [3.05, 3.63) is 59.7 Å². The number of benzene rings is 2. The molecule has 0 saturated carbocycles. The standard InChI is InChI=1S/C25H35N3O5S/c1-7-20-11-13-22(14-12-20)28(34(6,31)32)17-24(29)27(19(4)25(30)26-18(2)3)16-21-9-8-10-23(15-21)33-5/h8-15,18-19H,7,16-17H2,1-6H3,(H,26,30). The summed E-state index contributed by atoms with van der Waals surface area (Å²) in [5.74, 6) is -0.179. The molecule has 1 atom stereocenters. The predicted octanol–water partition coefficient (Wildman–Crippen LogP) is 2.97. The Morgan fingerprint density at radius 3 is 2.21 bits per heavy atom. The van der Waals surface area contributed by atoms with Gasteiger partial charge in [-0.2, -0.15) is 0 Å². The molecule has 1 N–H and O–H groups in total. The quantitative estimate of drug-likeness (QED) is 0.524. The van der Waals surface area contributed by atoms with E-state index in [1.165, 1.54) is 4.90 Å². The van der Waals surface area contributed by atoms with Crippen LogP contribution >= 0.6 is 0 Å². The fourth-order valence-electron chi connectivity index (χ4n) is 3.47. The number of amides is 2. The summed E-state index contributed by atoms with van der Waals surface area (Å²) in [5.41, 5.74) is 2.21. The zero-order valence-electron chi connectivity index (χ0n) is 20.7. The van der Waals surface area contributed by atoms with Gasteiger partial charge < -0.3 is 15.0 Å². The number of hydrogen-bond acceptors (Lipinski definition) is 5. The Kier molecular flexibility index (Phi) is 9.49. The van der Waals surface area contributed by atoms with Crippen molar-refractivity contribution in [1.29, 1.82) is 0 Å². The number of ether oxygens (including phenoxy) is 1. The van der Waals surface area contributed by atoms with Gasteiger partial charge in [0.2, 0.25) is 21.8 Å². The van der Waals surface area contributed by atoms with E-state index in [-0.39, 0.29) is 18.5 Å². The van der Waals surface area contributed by atoms with Gasteiger partial charge >= 0.3 is 0 Å². The summed E-state index contributed by atoms with van der Waals surface area (Å²) in [6.07, 6.45) is 1.88. The smallest absolute Gasteiger partial charge is 0.244 e. The summed E-state index contributed by atoms with van der Waals surface area (Å²) in [5, 5.41) is 2.82.